The first-order chi connectivity index (χ1) is 17.7. The fraction of sp³-hybridized carbons (Fsp3) is 0.269. The summed E-state index contributed by atoms with van der Waals surface area (Å²) < 4.78 is 5.20. The summed E-state index contributed by atoms with van der Waals surface area (Å²) in [7, 11) is 0. The topological polar surface area (TPSA) is 119 Å². The van der Waals surface area contributed by atoms with Crippen LogP contribution in [0.25, 0.3) is 0 Å². The van der Waals surface area contributed by atoms with Crippen molar-refractivity contribution in [3.8, 4) is 0 Å². The zero-order chi connectivity index (χ0) is 26.4. The molecule has 3 aromatic rings. The molecule has 0 N–H and O–H groups in total. The van der Waals surface area contributed by atoms with Gasteiger partial charge in [0.25, 0.3) is 11.6 Å². The highest BCUT2D eigenvalue weighted by Gasteiger charge is 2.61. The van der Waals surface area contributed by atoms with E-state index in [0.717, 1.165) is 21.1 Å². The standard InChI is InChI=1S/C26H23N3O7S/c1-4-35-26(32)19-14(2)15(3)37-25(19)27-23(30)20-21(16-9-8-12-18(13-16)29(33)34)28(36-22(20)24(27)31)17-10-6-5-7-11-17/h5-13,20-22H,4H2,1-3H3/t20-,21-,22+/m0/s1. The number of thiophene rings is 1. The fourth-order valence-corrected chi connectivity index (χ4v) is 5.94. The first-order valence-electron chi connectivity index (χ1n) is 11.6. The Bertz CT molecular complexity index is 1420. The van der Waals surface area contributed by atoms with E-state index >= 15 is 0 Å². The lowest BCUT2D eigenvalue weighted by Gasteiger charge is -2.28. The number of para-hydroxylation sites is 1. The predicted molar refractivity (Wildman–Crippen MR) is 135 cm³/mol. The lowest BCUT2D eigenvalue weighted by molar-refractivity contribution is -0.384. The quantitative estimate of drug-likeness (QED) is 0.201. The molecule has 2 aliphatic heterocycles. The van der Waals surface area contributed by atoms with Gasteiger partial charge in [-0.05, 0) is 44.0 Å². The molecule has 0 radical (unpaired) electrons. The molecule has 2 amide bonds. The number of aryl methyl sites for hydroxylation is 1. The van der Waals surface area contributed by atoms with Crippen molar-refractivity contribution in [2.24, 2.45) is 5.92 Å². The first-order valence-corrected chi connectivity index (χ1v) is 12.5. The van der Waals surface area contributed by atoms with Crippen molar-refractivity contribution in [3.05, 3.63) is 86.3 Å². The number of non-ortho nitro benzene ring substituents is 1. The van der Waals surface area contributed by atoms with Crippen LogP contribution in [0.15, 0.2) is 54.6 Å². The van der Waals surface area contributed by atoms with Crippen LogP contribution in [-0.4, -0.2) is 35.4 Å². The number of imide groups is 1. The molecular formula is C26H23N3O7S. The van der Waals surface area contributed by atoms with Gasteiger partial charge in [0, 0.05) is 17.0 Å². The summed E-state index contributed by atoms with van der Waals surface area (Å²) in [6.07, 6.45) is -1.17. The molecule has 2 aliphatic rings. The number of carbonyl (C=O) groups excluding carboxylic acids is 3. The number of rotatable bonds is 6. The number of benzene rings is 2. The predicted octanol–water partition coefficient (Wildman–Crippen LogP) is 4.50. The van der Waals surface area contributed by atoms with Gasteiger partial charge in [0.1, 0.15) is 10.9 Å². The maximum Gasteiger partial charge on any atom is 0.341 e. The highest BCUT2D eigenvalue weighted by atomic mass is 32.1. The molecule has 11 heteroatoms. The monoisotopic (exact) mass is 521 g/mol. The molecule has 37 heavy (non-hydrogen) atoms. The fourth-order valence-electron chi connectivity index (χ4n) is 4.78. The summed E-state index contributed by atoms with van der Waals surface area (Å²) in [6.45, 7) is 5.37. The Morgan fingerprint density at radius 3 is 2.51 bits per heavy atom. The molecule has 5 rings (SSSR count). The van der Waals surface area contributed by atoms with Gasteiger partial charge in [-0.2, -0.15) is 0 Å². The molecule has 2 aromatic carbocycles. The van der Waals surface area contributed by atoms with Crippen LogP contribution in [0.5, 0.6) is 0 Å². The van der Waals surface area contributed by atoms with Crippen LogP contribution >= 0.6 is 11.3 Å². The molecule has 2 saturated heterocycles. The van der Waals surface area contributed by atoms with Crippen LogP contribution in [0, 0.1) is 29.9 Å². The van der Waals surface area contributed by atoms with Crippen molar-refractivity contribution in [3.63, 3.8) is 0 Å². The SMILES string of the molecule is CCOC(=O)c1c(N2C(=O)[C@@H]3[C@@H](ON(c4ccccc4)[C@H]3c3cccc([N+](=O)[O-])c3)C2=O)sc(C)c1C. The number of fused-ring (bicyclic) bond motifs is 1. The van der Waals surface area contributed by atoms with Gasteiger partial charge < -0.3 is 4.74 Å². The molecule has 0 unspecified atom stereocenters. The molecule has 10 nitrogen and oxygen atoms in total. The van der Waals surface area contributed by atoms with Gasteiger partial charge in [-0.3, -0.25) is 24.5 Å². The van der Waals surface area contributed by atoms with E-state index in [2.05, 4.69) is 0 Å². The Balaban J connectivity index is 1.61. The smallest absolute Gasteiger partial charge is 0.341 e. The number of anilines is 2. The molecule has 190 valence electrons. The minimum absolute atomic E-state index is 0.142. The van der Waals surface area contributed by atoms with E-state index in [1.54, 1.807) is 51.1 Å². The van der Waals surface area contributed by atoms with Gasteiger partial charge in [-0.1, -0.05) is 30.3 Å². The zero-order valence-electron chi connectivity index (χ0n) is 20.2. The second kappa shape index (κ2) is 9.41. The van der Waals surface area contributed by atoms with Crippen LogP contribution < -0.4 is 9.96 Å². The molecule has 3 atom stereocenters. The van der Waals surface area contributed by atoms with Gasteiger partial charge >= 0.3 is 5.97 Å². The maximum atomic E-state index is 13.9. The zero-order valence-corrected chi connectivity index (χ0v) is 21.1. The molecule has 0 saturated carbocycles. The average Bonchev–Trinajstić information content (AvgIpc) is 3.50. The highest BCUT2D eigenvalue weighted by molar-refractivity contribution is 7.17. The van der Waals surface area contributed by atoms with Crippen LogP contribution in [0.4, 0.5) is 16.4 Å². The van der Waals surface area contributed by atoms with Crippen LogP contribution in [0.1, 0.15) is 39.3 Å². The molecule has 1 aromatic heterocycles. The Kier molecular flexibility index (Phi) is 6.26. The number of nitro groups is 1. The van der Waals surface area contributed by atoms with Crippen LogP contribution in [0.3, 0.4) is 0 Å². The van der Waals surface area contributed by atoms with Crippen molar-refractivity contribution in [2.45, 2.75) is 32.9 Å². The number of nitrogens with zero attached hydrogens (tertiary/aromatic N) is 3. The molecular weight excluding hydrogens is 498 g/mol. The number of esters is 1. The molecule has 2 fully saturated rings. The number of carbonyl (C=O) groups is 3. The van der Waals surface area contributed by atoms with Crippen molar-refractivity contribution in [2.75, 3.05) is 16.6 Å². The first kappa shape index (κ1) is 24.6. The maximum absolute atomic E-state index is 13.9. The van der Waals surface area contributed by atoms with E-state index in [0.29, 0.717) is 16.8 Å². The number of nitro benzene ring substituents is 1. The summed E-state index contributed by atoms with van der Waals surface area (Å²) in [4.78, 5) is 59.3. The molecule has 0 bridgehead atoms. The number of amides is 2. The largest absolute Gasteiger partial charge is 0.462 e. The second-order valence-corrected chi connectivity index (χ2v) is 9.91. The minimum atomic E-state index is -1.17. The molecule has 0 spiro atoms. The van der Waals surface area contributed by atoms with E-state index in [4.69, 9.17) is 9.57 Å². The number of hydroxylamine groups is 1. The van der Waals surface area contributed by atoms with E-state index in [-0.39, 0.29) is 22.9 Å². The van der Waals surface area contributed by atoms with E-state index in [1.807, 2.05) is 6.07 Å². The summed E-state index contributed by atoms with van der Waals surface area (Å²) in [5, 5.41) is 13.1. The van der Waals surface area contributed by atoms with Crippen molar-refractivity contribution >= 4 is 45.5 Å². The van der Waals surface area contributed by atoms with Gasteiger partial charge in [0.05, 0.1) is 28.8 Å². The number of ether oxygens (including phenoxy) is 1. The van der Waals surface area contributed by atoms with Crippen molar-refractivity contribution in [1.29, 1.82) is 0 Å². The summed E-state index contributed by atoms with van der Waals surface area (Å²) in [5.74, 6) is -2.75. The number of hydrogen-bond acceptors (Lipinski definition) is 9. The lowest BCUT2D eigenvalue weighted by Crippen LogP contribution is -2.37. The third kappa shape index (κ3) is 3.96. The molecule has 0 aliphatic carbocycles. The van der Waals surface area contributed by atoms with E-state index < -0.39 is 40.8 Å². The third-order valence-electron chi connectivity index (χ3n) is 6.60. The highest BCUT2D eigenvalue weighted by Crippen LogP contribution is 2.49. The third-order valence-corrected chi connectivity index (χ3v) is 7.79. The Hall–Kier alpha value is -4.09. The summed E-state index contributed by atoms with van der Waals surface area (Å²) in [6, 6.07) is 14.1. The Labute approximate surface area is 216 Å². The Morgan fingerprint density at radius 2 is 1.84 bits per heavy atom. The lowest BCUT2D eigenvalue weighted by atomic mass is 9.90. The summed E-state index contributed by atoms with van der Waals surface area (Å²) >= 11 is 1.16. The Morgan fingerprint density at radius 1 is 1.11 bits per heavy atom. The summed E-state index contributed by atoms with van der Waals surface area (Å²) in [5.41, 5.74) is 1.72. The second-order valence-electron chi connectivity index (χ2n) is 8.71. The van der Waals surface area contributed by atoms with Crippen LogP contribution in [-0.2, 0) is 19.2 Å². The van der Waals surface area contributed by atoms with Gasteiger partial charge in [-0.15, -0.1) is 11.3 Å². The molecule has 3 heterocycles. The van der Waals surface area contributed by atoms with Gasteiger partial charge in [0.15, 0.2) is 6.10 Å². The minimum Gasteiger partial charge on any atom is -0.462 e. The van der Waals surface area contributed by atoms with Crippen molar-refractivity contribution < 1.29 is 28.9 Å². The number of hydrogen-bond donors (Lipinski definition) is 0. The van der Waals surface area contributed by atoms with Crippen molar-refractivity contribution in [1.82, 2.24) is 0 Å². The van der Waals surface area contributed by atoms with E-state index in [9.17, 15) is 24.5 Å². The van der Waals surface area contributed by atoms with Gasteiger partial charge in [0.2, 0.25) is 5.91 Å². The average molecular weight is 522 g/mol. The van der Waals surface area contributed by atoms with E-state index in [1.165, 1.54) is 23.3 Å². The van der Waals surface area contributed by atoms with Gasteiger partial charge in [-0.25, -0.2) is 14.8 Å². The normalized spacial score (nSPS) is 20.9. The van der Waals surface area contributed by atoms with Crippen LogP contribution in [0.2, 0.25) is 0 Å².